The highest BCUT2D eigenvalue weighted by Crippen LogP contribution is 2.28. The van der Waals surface area contributed by atoms with Gasteiger partial charge in [-0.3, -0.25) is 0 Å². The van der Waals surface area contributed by atoms with Crippen molar-refractivity contribution in [3.8, 4) is 0 Å². The van der Waals surface area contributed by atoms with E-state index in [-0.39, 0.29) is 0 Å². The lowest BCUT2D eigenvalue weighted by molar-refractivity contribution is 0.370. The van der Waals surface area contributed by atoms with Crippen LogP contribution in [0.4, 0.5) is 0 Å². The van der Waals surface area contributed by atoms with E-state index in [1.54, 1.807) is 0 Å². The van der Waals surface area contributed by atoms with Crippen LogP contribution in [0.25, 0.3) is 0 Å². The molecule has 108 valence electrons. The summed E-state index contributed by atoms with van der Waals surface area (Å²) in [5.41, 5.74) is 2.84. The molecule has 0 amide bonds. The third-order valence-corrected chi connectivity index (χ3v) is 4.46. The molecule has 0 bridgehead atoms. The SMILES string of the molecule is CCCNC(CC(CC)CC)c1ccc(Br)cc1C. The Labute approximate surface area is 127 Å². The number of hydrogen-bond acceptors (Lipinski definition) is 1. The zero-order chi connectivity index (χ0) is 14.3. The zero-order valence-corrected chi connectivity index (χ0v) is 14.4. The number of halogens is 1. The third-order valence-electron chi connectivity index (χ3n) is 3.97. The molecule has 1 nitrogen and oxygen atoms in total. The fraction of sp³-hybridized carbons (Fsp3) is 0.647. The first-order valence-corrected chi connectivity index (χ1v) is 8.41. The summed E-state index contributed by atoms with van der Waals surface area (Å²) in [7, 11) is 0. The highest BCUT2D eigenvalue weighted by molar-refractivity contribution is 9.10. The molecule has 0 spiro atoms. The van der Waals surface area contributed by atoms with Gasteiger partial charge < -0.3 is 5.32 Å². The van der Waals surface area contributed by atoms with Crippen LogP contribution in [0.15, 0.2) is 22.7 Å². The highest BCUT2D eigenvalue weighted by Gasteiger charge is 2.17. The molecular weight excluding hydrogens is 298 g/mol. The van der Waals surface area contributed by atoms with E-state index in [1.165, 1.54) is 41.3 Å². The van der Waals surface area contributed by atoms with E-state index in [0.29, 0.717) is 6.04 Å². The van der Waals surface area contributed by atoms with Crippen molar-refractivity contribution >= 4 is 15.9 Å². The first-order valence-electron chi connectivity index (χ1n) is 7.61. The Morgan fingerprint density at radius 3 is 2.37 bits per heavy atom. The van der Waals surface area contributed by atoms with Crippen molar-refractivity contribution < 1.29 is 0 Å². The molecule has 1 rings (SSSR count). The molecule has 0 radical (unpaired) electrons. The second-order valence-electron chi connectivity index (χ2n) is 5.43. The summed E-state index contributed by atoms with van der Waals surface area (Å²) in [4.78, 5) is 0. The number of nitrogens with one attached hydrogen (secondary N) is 1. The number of aryl methyl sites for hydroxylation is 1. The minimum atomic E-state index is 0.498. The van der Waals surface area contributed by atoms with E-state index in [0.717, 1.165) is 12.5 Å². The van der Waals surface area contributed by atoms with Crippen molar-refractivity contribution in [2.45, 2.75) is 59.4 Å². The van der Waals surface area contributed by atoms with Crippen LogP contribution in [0.1, 0.15) is 63.6 Å². The van der Waals surface area contributed by atoms with Gasteiger partial charge in [-0.1, -0.05) is 55.6 Å². The van der Waals surface area contributed by atoms with Crippen LogP contribution in [0.5, 0.6) is 0 Å². The van der Waals surface area contributed by atoms with Gasteiger partial charge in [0.2, 0.25) is 0 Å². The van der Waals surface area contributed by atoms with Gasteiger partial charge in [0, 0.05) is 10.5 Å². The minimum Gasteiger partial charge on any atom is -0.310 e. The Bertz CT molecular complexity index is 372. The normalized spacial score (nSPS) is 12.9. The summed E-state index contributed by atoms with van der Waals surface area (Å²) in [5, 5.41) is 3.73. The molecule has 0 aliphatic rings. The predicted molar refractivity (Wildman–Crippen MR) is 88.6 cm³/mol. The van der Waals surface area contributed by atoms with Crippen molar-refractivity contribution in [3.05, 3.63) is 33.8 Å². The molecule has 0 saturated carbocycles. The van der Waals surface area contributed by atoms with Crippen LogP contribution in [-0.4, -0.2) is 6.54 Å². The maximum atomic E-state index is 3.73. The molecule has 0 fully saturated rings. The summed E-state index contributed by atoms with van der Waals surface area (Å²) in [6.45, 7) is 10.2. The average molecular weight is 326 g/mol. The third kappa shape index (κ3) is 5.27. The standard InChI is InChI=1S/C17H28BrN/c1-5-10-19-17(12-14(6-2)7-3)16-9-8-15(18)11-13(16)4/h8-9,11,14,17,19H,5-7,10,12H2,1-4H3. The monoisotopic (exact) mass is 325 g/mol. The van der Waals surface area contributed by atoms with E-state index in [2.05, 4.69) is 67.1 Å². The van der Waals surface area contributed by atoms with E-state index in [1.807, 2.05) is 0 Å². The van der Waals surface area contributed by atoms with Crippen molar-refractivity contribution in [2.24, 2.45) is 5.92 Å². The summed E-state index contributed by atoms with van der Waals surface area (Å²) < 4.78 is 1.17. The fourth-order valence-electron chi connectivity index (χ4n) is 2.62. The summed E-state index contributed by atoms with van der Waals surface area (Å²) >= 11 is 3.56. The largest absolute Gasteiger partial charge is 0.310 e. The first-order chi connectivity index (χ1) is 9.12. The maximum Gasteiger partial charge on any atom is 0.0325 e. The molecule has 1 atom stereocenters. The lowest BCUT2D eigenvalue weighted by Crippen LogP contribution is -2.25. The van der Waals surface area contributed by atoms with Gasteiger partial charge in [-0.2, -0.15) is 0 Å². The highest BCUT2D eigenvalue weighted by atomic mass is 79.9. The molecule has 1 aromatic carbocycles. The Hall–Kier alpha value is -0.340. The Balaban J connectivity index is 2.88. The summed E-state index contributed by atoms with van der Waals surface area (Å²) in [6, 6.07) is 7.16. The van der Waals surface area contributed by atoms with Crippen LogP contribution >= 0.6 is 15.9 Å². The maximum absolute atomic E-state index is 3.73. The molecule has 0 heterocycles. The fourth-order valence-corrected chi connectivity index (χ4v) is 3.10. The zero-order valence-electron chi connectivity index (χ0n) is 12.8. The van der Waals surface area contributed by atoms with Gasteiger partial charge in [0.1, 0.15) is 0 Å². The molecule has 1 unspecified atom stereocenters. The number of benzene rings is 1. The van der Waals surface area contributed by atoms with Gasteiger partial charge in [-0.15, -0.1) is 0 Å². The molecular formula is C17H28BrN. The predicted octanol–water partition coefficient (Wildman–Crippen LogP) is 5.62. The topological polar surface area (TPSA) is 12.0 Å². The van der Waals surface area contributed by atoms with Gasteiger partial charge in [0.05, 0.1) is 0 Å². The van der Waals surface area contributed by atoms with E-state index < -0.39 is 0 Å². The molecule has 1 aromatic rings. The van der Waals surface area contributed by atoms with E-state index >= 15 is 0 Å². The molecule has 2 heteroatoms. The van der Waals surface area contributed by atoms with Gasteiger partial charge in [-0.25, -0.2) is 0 Å². The van der Waals surface area contributed by atoms with Crippen molar-refractivity contribution in [1.82, 2.24) is 5.32 Å². The van der Waals surface area contributed by atoms with Gasteiger partial charge in [-0.05, 0) is 55.5 Å². The van der Waals surface area contributed by atoms with Crippen LogP contribution in [-0.2, 0) is 0 Å². The molecule has 0 aliphatic heterocycles. The Kier molecular flexibility index (Phi) is 7.70. The molecule has 0 saturated heterocycles. The Morgan fingerprint density at radius 1 is 1.16 bits per heavy atom. The van der Waals surface area contributed by atoms with Crippen molar-refractivity contribution in [2.75, 3.05) is 6.54 Å². The lowest BCUT2D eigenvalue weighted by Gasteiger charge is -2.25. The van der Waals surface area contributed by atoms with E-state index in [4.69, 9.17) is 0 Å². The quantitative estimate of drug-likeness (QED) is 0.653. The second kappa shape index (κ2) is 8.76. The average Bonchev–Trinajstić information content (AvgIpc) is 2.40. The van der Waals surface area contributed by atoms with Crippen LogP contribution in [0.3, 0.4) is 0 Å². The summed E-state index contributed by atoms with van der Waals surface area (Å²) in [5.74, 6) is 0.817. The van der Waals surface area contributed by atoms with Gasteiger partial charge >= 0.3 is 0 Å². The Morgan fingerprint density at radius 2 is 1.84 bits per heavy atom. The summed E-state index contributed by atoms with van der Waals surface area (Å²) in [6.07, 6.45) is 4.98. The molecule has 1 N–H and O–H groups in total. The molecule has 0 aromatic heterocycles. The van der Waals surface area contributed by atoms with Crippen LogP contribution in [0, 0.1) is 12.8 Å². The number of rotatable bonds is 8. The molecule has 19 heavy (non-hydrogen) atoms. The number of hydrogen-bond donors (Lipinski definition) is 1. The molecule has 0 aliphatic carbocycles. The van der Waals surface area contributed by atoms with Gasteiger partial charge in [0.15, 0.2) is 0 Å². The van der Waals surface area contributed by atoms with Crippen LogP contribution in [0.2, 0.25) is 0 Å². The smallest absolute Gasteiger partial charge is 0.0325 e. The minimum absolute atomic E-state index is 0.498. The second-order valence-corrected chi connectivity index (χ2v) is 6.34. The van der Waals surface area contributed by atoms with Gasteiger partial charge in [0.25, 0.3) is 0 Å². The lowest BCUT2D eigenvalue weighted by atomic mass is 9.89. The van der Waals surface area contributed by atoms with Crippen LogP contribution < -0.4 is 5.32 Å². The first kappa shape index (κ1) is 16.7. The van der Waals surface area contributed by atoms with E-state index in [9.17, 15) is 0 Å². The van der Waals surface area contributed by atoms with Crippen molar-refractivity contribution in [1.29, 1.82) is 0 Å². The van der Waals surface area contributed by atoms with Crippen molar-refractivity contribution in [3.63, 3.8) is 0 Å².